The summed E-state index contributed by atoms with van der Waals surface area (Å²) in [7, 11) is 1.98. The predicted molar refractivity (Wildman–Crippen MR) is 115 cm³/mol. The van der Waals surface area contributed by atoms with Crippen LogP contribution in [0.25, 0.3) is 11.3 Å². The zero-order chi connectivity index (χ0) is 20.1. The molecular weight excluding hydrogens is 374 g/mol. The van der Waals surface area contributed by atoms with Crippen LogP contribution < -0.4 is 4.74 Å². The second-order valence-electron chi connectivity index (χ2n) is 9.28. The molecule has 3 aromatic rings. The summed E-state index contributed by atoms with van der Waals surface area (Å²) in [6.45, 7) is 4.07. The molecule has 0 amide bonds. The van der Waals surface area contributed by atoms with E-state index in [2.05, 4.69) is 51.4 Å². The van der Waals surface area contributed by atoms with Crippen molar-refractivity contribution in [2.75, 3.05) is 13.1 Å². The van der Waals surface area contributed by atoms with Gasteiger partial charge >= 0.3 is 0 Å². The number of piperidine rings is 1. The van der Waals surface area contributed by atoms with E-state index in [4.69, 9.17) is 9.72 Å². The van der Waals surface area contributed by atoms with Gasteiger partial charge in [-0.15, -0.1) is 0 Å². The lowest BCUT2D eigenvalue weighted by atomic mass is 9.82. The molecule has 1 spiro atoms. The van der Waals surface area contributed by atoms with E-state index >= 15 is 0 Å². The minimum absolute atomic E-state index is 0.268. The zero-order valence-electron chi connectivity index (χ0n) is 17.6. The van der Waals surface area contributed by atoms with E-state index in [-0.39, 0.29) is 5.60 Å². The van der Waals surface area contributed by atoms with E-state index in [1.807, 2.05) is 17.9 Å². The molecule has 0 atom stereocenters. The van der Waals surface area contributed by atoms with Gasteiger partial charge in [0.1, 0.15) is 5.75 Å². The maximum Gasteiger partial charge on any atom is 0.153 e. The first-order valence-corrected chi connectivity index (χ1v) is 11.2. The third kappa shape index (κ3) is 2.97. The van der Waals surface area contributed by atoms with Gasteiger partial charge in [0.05, 0.1) is 23.9 Å². The van der Waals surface area contributed by atoms with Crippen molar-refractivity contribution >= 4 is 0 Å². The van der Waals surface area contributed by atoms with Crippen molar-refractivity contribution in [1.29, 1.82) is 0 Å². The summed E-state index contributed by atoms with van der Waals surface area (Å²) in [5.74, 6) is 1.78. The number of aromatic nitrogens is 4. The third-order valence-corrected chi connectivity index (χ3v) is 7.22. The average molecular weight is 404 g/mol. The number of hydrogen-bond acceptors (Lipinski definition) is 4. The number of hydrogen-bond donors (Lipinski definition) is 0. The Hall–Kier alpha value is -2.60. The highest BCUT2D eigenvalue weighted by Crippen LogP contribution is 2.49. The van der Waals surface area contributed by atoms with E-state index in [9.17, 15) is 0 Å². The first kappa shape index (κ1) is 18.2. The first-order valence-electron chi connectivity index (χ1n) is 11.2. The smallest absolute Gasteiger partial charge is 0.153 e. The molecule has 1 saturated heterocycles. The number of aryl methyl sites for hydroxylation is 1. The van der Waals surface area contributed by atoms with Gasteiger partial charge in [-0.25, -0.2) is 4.98 Å². The largest absolute Gasteiger partial charge is 0.480 e. The number of nitrogens with zero attached hydrogens (tertiary/aromatic N) is 5. The molecule has 2 aromatic heterocycles. The molecular formula is C24H29N5O. The van der Waals surface area contributed by atoms with Gasteiger partial charge in [0, 0.05) is 63.4 Å². The first-order chi connectivity index (χ1) is 14.7. The number of rotatable bonds is 4. The maximum absolute atomic E-state index is 6.82. The Morgan fingerprint density at radius 1 is 1.17 bits per heavy atom. The predicted octanol–water partition coefficient (Wildman–Crippen LogP) is 3.97. The third-order valence-electron chi connectivity index (χ3n) is 7.22. The number of imidazole rings is 1. The molecule has 0 N–H and O–H groups in total. The van der Waals surface area contributed by atoms with E-state index in [0.29, 0.717) is 0 Å². The van der Waals surface area contributed by atoms with Crippen molar-refractivity contribution in [3.05, 3.63) is 54.2 Å². The van der Waals surface area contributed by atoms with Crippen molar-refractivity contribution in [2.45, 2.75) is 50.8 Å². The molecule has 30 heavy (non-hydrogen) atoms. The molecule has 1 aliphatic carbocycles. The molecule has 1 aromatic carbocycles. The molecule has 0 radical (unpaired) electrons. The summed E-state index contributed by atoms with van der Waals surface area (Å²) in [5, 5.41) is 4.32. The van der Waals surface area contributed by atoms with E-state index in [1.165, 1.54) is 30.5 Å². The summed E-state index contributed by atoms with van der Waals surface area (Å²) in [6, 6.07) is 8.41. The molecule has 6 rings (SSSR count). The average Bonchev–Trinajstić information content (AvgIpc) is 3.34. The Morgan fingerprint density at radius 2 is 2.00 bits per heavy atom. The lowest BCUT2D eigenvalue weighted by Crippen LogP contribution is -2.48. The number of para-hydroxylation sites is 1. The highest BCUT2D eigenvalue weighted by molar-refractivity contribution is 5.72. The molecule has 6 nitrogen and oxygen atoms in total. The number of likely N-dealkylation sites (tertiary alicyclic amines) is 1. The molecule has 2 aliphatic heterocycles. The van der Waals surface area contributed by atoms with Gasteiger partial charge in [0.25, 0.3) is 0 Å². The molecule has 0 unspecified atom stereocenters. The van der Waals surface area contributed by atoms with Gasteiger partial charge in [-0.1, -0.05) is 18.6 Å². The number of fused-ring (bicyclic) bond motifs is 4. The Bertz CT molecular complexity index is 1060. The summed E-state index contributed by atoms with van der Waals surface area (Å²) in [6.07, 6.45) is 12.2. The Labute approximate surface area is 177 Å². The number of benzene rings is 1. The van der Waals surface area contributed by atoms with Crippen molar-refractivity contribution in [2.24, 2.45) is 13.0 Å². The van der Waals surface area contributed by atoms with Crippen LogP contribution in [-0.4, -0.2) is 37.3 Å². The lowest BCUT2D eigenvalue weighted by molar-refractivity contribution is -0.0138. The quantitative estimate of drug-likeness (QED) is 0.661. The minimum Gasteiger partial charge on any atom is -0.480 e. The highest BCUT2D eigenvalue weighted by Gasteiger charge is 2.46. The van der Waals surface area contributed by atoms with E-state index in [1.54, 1.807) is 0 Å². The number of ether oxygens (including phenoxy) is 1. The van der Waals surface area contributed by atoms with Crippen LogP contribution in [0.1, 0.15) is 43.4 Å². The fourth-order valence-electron chi connectivity index (χ4n) is 5.38. The maximum atomic E-state index is 6.82. The summed E-state index contributed by atoms with van der Waals surface area (Å²) in [5.41, 5.74) is 4.60. The summed E-state index contributed by atoms with van der Waals surface area (Å²) < 4.78 is 11.1. The molecule has 0 bridgehead atoms. The van der Waals surface area contributed by atoms with Crippen LogP contribution in [0.2, 0.25) is 0 Å². The SMILES string of the molecule is Cn1cc(CN2CCC3(CC2)Oc2ccccc2-c2ncn(CC4CCC4)c23)cn1. The second-order valence-corrected chi connectivity index (χ2v) is 9.28. The molecule has 3 aliphatic rings. The Kier molecular flexibility index (Phi) is 4.23. The fraction of sp³-hybridized carbons (Fsp3) is 0.500. The van der Waals surface area contributed by atoms with Gasteiger partial charge in [-0.05, 0) is 30.9 Å². The van der Waals surface area contributed by atoms with Crippen LogP contribution in [-0.2, 0) is 25.7 Å². The van der Waals surface area contributed by atoms with E-state index in [0.717, 1.165) is 61.9 Å². The Balaban J connectivity index is 1.31. The van der Waals surface area contributed by atoms with Gasteiger partial charge in [0.2, 0.25) is 0 Å². The van der Waals surface area contributed by atoms with Crippen molar-refractivity contribution < 1.29 is 4.74 Å². The van der Waals surface area contributed by atoms with Crippen molar-refractivity contribution in [1.82, 2.24) is 24.2 Å². The fourth-order valence-corrected chi connectivity index (χ4v) is 5.38. The highest BCUT2D eigenvalue weighted by atomic mass is 16.5. The van der Waals surface area contributed by atoms with Crippen LogP contribution >= 0.6 is 0 Å². The molecule has 156 valence electrons. The molecule has 2 fully saturated rings. The lowest BCUT2D eigenvalue weighted by Gasteiger charge is -2.45. The minimum atomic E-state index is -0.268. The molecule has 1 saturated carbocycles. The Morgan fingerprint density at radius 3 is 2.73 bits per heavy atom. The second kappa shape index (κ2) is 6.98. The normalized spacial score (nSPS) is 20.4. The monoisotopic (exact) mass is 403 g/mol. The molecule has 4 heterocycles. The van der Waals surface area contributed by atoms with Gasteiger partial charge in [-0.3, -0.25) is 9.58 Å². The zero-order valence-corrected chi connectivity index (χ0v) is 17.6. The van der Waals surface area contributed by atoms with Crippen LogP contribution in [0, 0.1) is 5.92 Å². The summed E-state index contributed by atoms with van der Waals surface area (Å²) in [4.78, 5) is 7.43. The van der Waals surface area contributed by atoms with Crippen LogP contribution in [0.5, 0.6) is 5.75 Å². The summed E-state index contributed by atoms with van der Waals surface area (Å²) >= 11 is 0. The van der Waals surface area contributed by atoms with Gasteiger partial charge in [0.15, 0.2) is 5.60 Å². The van der Waals surface area contributed by atoms with Crippen molar-refractivity contribution in [3.8, 4) is 17.0 Å². The van der Waals surface area contributed by atoms with Crippen molar-refractivity contribution in [3.63, 3.8) is 0 Å². The molecule has 6 heteroatoms. The van der Waals surface area contributed by atoms with Crippen LogP contribution in [0.15, 0.2) is 43.0 Å². The van der Waals surface area contributed by atoms with Crippen LogP contribution in [0.4, 0.5) is 0 Å². The van der Waals surface area contributed by atoms with Gasteiger partial charge in [-0.2, -0.15) is 5.10 Å². The standard InChI is InChI=1S/C24H29N5O/c1-27-14-19(13-26-27)15-28-11-9-24(10-12-28)23-22(20-7-2-3-8-21(20)30-24)25-17-29(23)16-18-5-4-6-18/h2-3,7-8,13-14,17-18H,4-6,9-12,15-16H2,1H3. The van der Waals surface area contributed by atoms with Gasteiger partial charge < -0.3 is 9.30 Å². The van der Waals surface area contributed by atoms with E-state index < -0.39 is 0 Å². The van der Waals surface area contributed by atoms with Crippen LogP contribution in [0.3, 0.4) is 0 Å². The topological polar surface area (TPSA) is 48.1 Å².